The molecule has 0 spiro atoms. The van der Waals surface area contributed by atoms with Gasteiger partial charge in [0.05, 0.1) is 42.9 Å². The highest BCUT2D eigenvalue weighted by Gasteiger charge is 2.17. The van der Waals surface area contributed by atoms with Gasteiger partial charge in [-0.25, -0.2) is 4.98 Å². The summed E-state index contributed by atoms with van der Waals surface area (Å²) in [6.07, 6.45) is 8.33. The van der Waals surface area contributed by atoms with Gasteiger partial charge in [0.1, 0.15) is 6.10 Å². The van der Waals surface area contributed by atoms with Gasteiger partial charge in [-0.05, 0) is 31.7 Å². The summed E-state index contributed by atoms with van der Waals surface area (Å²) in [5, 5.41) is 24.9. The molecule has 0 unspecified atom stereocenters. The number of carbonyl (C=O) groups is 1. The Morgan fingerprint density at radius 3 is 2.84 bits per heavy atom. The molecule has 1 atom stereocenters. The van der Waals surface area contributed by atoms with Gasteiger partial charge >= 0.3 is 0 Å². The summed E-state index contributed by atoms with van der Waals surface area (Å²) in [5.41, 5.74) is 0.920. The van der Waals surface area contributed by atoms with Crippen LogP contribution < -0.4 is 10.1 Å². The molecule has 8 nitrogen and oxygen atoms in total. The SMILES string of the molecule is O=C(Nc1ccc(OC2CCCC2)nc1)c1cnn(C[C@@H](O)CO)c1. The van der Waals surface area contributed by atoms with Gasteiger partial charge in [0.2, 0.25) is 5.88 Å². The van der Waals surface area contributed by atoms with E-state index in [0.29, 0.717) is 17.1 Å². The molecule has 1 fully saturated rings. The van der Waals surface area contributed by atoms with Gasteiger partial charge < -0.3 is 20.3 Å². The van der Waals surface area contributed by atoms with Crippen molar-refractivity contribution in [1.82, 2.24) is 14.8 Å². The van der Waals surface area contributed by atoms with Crippen LogP contribution in [0.3, 0.4) is 0 Å². The van der Waals surface area contributed by atoms with Crippen LogP contribution in [0.5, 0.6) is 5.88 Å². The number of ether oxygens (including phenoxy) is 1. The predicted octanol–water partition coefficient (Wildman–Crippen LogP) is 1.20. The van der Waals surface area contributed by atoms with Crippen LogP contribution in [0.15, 0.2) is 30.7 Å². The first kappa shape index (κ1) is 17.4. The van der Waals surface area contributed by atoms with Gasteiger partial charge in [0.15, 0.2) is 0 Å². The maximum atomic E-state index is 12.2. The van der Waals surface area contributed by atoms with Crippen molar-refractivity contribution in [2.45, 2.75) is 44.4 Å². The van der Waals surface area contributed by atoms with Crippen LogP contribution in [-0.4, -0.2) is 49.7 Å². The fourth-order valence-electron chi connectivity index (χ4n) is 2.76. The number of nitrogens with one attached hydrogen (secondary N) is 1. The zero-order valence-corrected chi connectivity index (χ0v) is 13.8. The highest BCUT2D eigenvalue weighted by molar-refractivity contribution is 6.03. The highest BCUT2D eigenvalue weighted by Crippen LogP contribution is 2.23. The fraction of sp³-hybridized carbons (Fsp3) is 0.471. The Kier molecular flexibility index (Phi) is 5.62. The highest BCUT2D eigenvalue weighted by atomic mass is 16.5. The standard InChI is InChI=1S/C17H22N4O4/c22-11-14(23)10-21-9-12(7-19-21)17(24)20-13-5-6-16(18-8-13)25-15-3-1-2-4-15/h5-9,14-15,22-23H,1-4,10-11H2,(H,20,24)/t14-/m1/s1. The number of anilines is 1. The molecule has 3 N–H and O–H groups in total. The molecular formula is C17H22N4O4. The van der Waals surface area contributed by atoms with Crippen LogP contribution in [0.4, 0.5) is 5.69 Å². The first-order chi connectivity index (χ1) is 12.1. The van der Waals surface area contributed by atoms with Gasteiger partial charge in [-0.15, -0.1) is 0 Å². The average Bonchev–Trinajstić information content (AvgIpc) is 3.28. The second-order valence-corrected chi connectivity index (χ2v) is 6.15. The molecule has 0 aromatic carbocycles. The second-order valence-electron chi connectivity index (χ2n) is 6.15. The lowest BCUT2D eigenvalue weighted by Crippen LogP contribution is -2.20. The van der Waals surface area contributed by atoms with Crippen LogP contribution in [0.25, 0.3) is 0 Å². The summed E-state index contributed by atoms with van der Waals surface area (Å²) >= 11 is 0. The van der Waals surface area contributed by atoms with Gasteiger partial charge in [-0.1, -0.05) is 0 Å². The summed E-state index contributed by atoms with van der Waals surface area (Å²) in [6, 6.07) is 3.49. The van der Waals surface area contributed by atoms with Crippen molar-refractivity contribution in [2.75, 3.05) is 11.9 Å². The predicted molar refractivity (Wildman–Crippen MR) is 90.4 cm³/mol. The lowest BCUT2D eigenvalue weighted by molar-refractivity contribution is 0.0782. The zero-order valence-electron chi connectivity index (χ0n) is 13.8. The molecular weight excluding hydrogens is 324 g/mol. The maximum Gasteiger partial charge on any atom is 0.258 e. The van der Waals surface area contributed by atoms with E-state index in [1.807, 2.05) is 0 Å². The molecule has 0 radical (unpaired) electrons. The lowest BCUT2D eigenvalue weighted by Gasteiger charge is -2.12. The second kappa shape index (κ2) is 8.09. The minimum Gasteiger partial charge on any atom is -0.474 e. The van der Waals surface area contributed by atoms with Crippen molar-refractivity contribution in [3.05, 3.63) is 36.3 Å². The molecule has 134 valence electrons. The molecule has 0 saturated heterocycles. The summed E-state index contributed by atoms with van der Waals surface area (Å²) in [6.45, 7) is -0.235. The van der Waals surface area contributed by atoms with E-state index < -0.39 is 6.10 Å². The molecule has 0 bridgehead atoms. The number of aliphatic hydroxyl groups is 2. The molecule has 1 aliphatic carbocycles. The minimum atomic E-state index is -0.910. The van der Waals surface area contributed by atoms with Gasteiger partial charge in [0.25, 0.3) is 5.91 Å². The van der Waals surface area contributed by atoms with E-state index in [9.17, 15) is 9.90 Å². The summed E-state index contributed by atoms with van der Waals surface area (Å²) in [5.74, 6) is 0.242. The number of carbonyl (C=O) groups excluding carboxylic acids is 1. The fourth-order valence-corrected chi connectivity index (χ4v) is 2.76. The molecule has 1 amide bonds. The van der Waals surface area contributed by atoms with Gasteiger partial charge in [-0.3, -0.25) is 9.48 Å². The normalized spacial score (nSPS) is 15.9. The summed E-state index contributed by atoms with van der Waals surface area (Å²) in [7, 11) is 0. The molecule has 2 heterocycles. The molecule has 1 saturated carbocycles. The first-order valence-corrected chi connectivity index (χ1v) is 8.39. The van der Waals surface area contributed by atoms with Crippen LogP contribution in [0, 0.1) is 0 Å². The number of rotatable bonds is 7. The smallest absolute Gasteiger partial charge is 0.258 e. The zero-order chi connectivity index (χ0) is 17.6. The first-order valence-electron chi connectivity index (χ1n) is 8.39. The van der Waals surface area contributed by atoms with E-state index in [0.717, 1.165) is 12.8 Å². The van der Waals surface area contributed by atoms with E-state index >= 15 is 0 Å². The summed E-state index contributed by atoms with van der Waals surface area (Å²) < 4.78 is 7.20. The molecule has 1 aliphatic rings. The number of hydrogen-bond donors (Lipinski definition) is 3. The van der Waals surface area contributed by atoms with Crippen molar-refractivity contribution in [3.63, 3.8) is 0 Å². The van der Waals surface area contributed by atoms with E-state index in [2.05, 4.69) is 15.4 Å². The number of nitrogens with zero attached hydrogens (tertiary/aromatic N) is 3. The van der Waals surface area contributed by atoms with Crippen LogP contribution in [0.1, 0.15) is 36.0 Å². The Hall–Kier alpha value is -2.45. The minimum absolute atomic E-state index is 0.124. The Balaban J connectivity index is 1.55. The Morgan fingerprint density at radius 2 is 2.16 bits per heavy atom. The molecule has 25 heavy (non-hydrogen) atoms. The number of pyridine rings is 1. The van der Waals surface area contributed by atoms with Gasteiger partial charge in [-0.2, -0.15) is 5.10 Å². The van der Waals surface area contributed by atoms with Crippen LogP contribution in [0.2, 0.25) is 0 Å². The van der Waals surface area contributed by atoms with Crippen LogP contribution in [-0.2, 0) is 6.54 Å². The molecule has 2 aromatic rings. The Bertz CT molecular complexity index is 695. The third-order valence-corrected chi connectivity index (χ3v) is 4.09. The molecule has 8 heteroatoms. The molecule has 2 aromatic heterocycles. The monoisotopic (exact) mass is 346 g/mol. The van der Waals surface area contributed by atoms with Gasteiger partial charge in [0, 0.05) is 12.3 Å². The Morgan fingerprint density at radius 1 is 1.36 bits per heavy atom. The van der Waals surface area contributed by atoms with Crippen molar-refractivity contribution in [3.8, 4) is 5.88 Å². The third-order valence-electron chi connectivity index (χ3n) is 4.09. The molecule has 3 rings (SSSR count). The Labute approximate surface area is 145 Å². The number of hydrogen-bond acceptors (Lipinski definition) is 6. The lowest BCUT2D eigenvalue weighted by atomic mass is 10.3. The van der Waals surface area contributed by atoms with E-state index in [1.54, 1.807) is 18.3 Å². The number of amides is 1. The number of aliphatic hydroxyl groups excluding tert-OH is 2. The average molecular weight is 346 g/mol. The molecule has 0 aliphatic heterocycles. The van der Waals surface area contributed by atoms with E-state index in [1.165, 1.54) is 29.9 Å². The van der Waals surface area contributed by atoms with Crippen molar-refractivity contribution in [1.29, 1.82) is 0 Å². The topological polar surface area (TPSA) is 110 Å². The van der Waals surface area contributed by atoms with E-state index in [-0.39, 0.29) is 25.2 Å². The number of aromatic nitrogens is 3. The van der Waals surface area contributed by atoms with Crippen molar-refractivity contribution in [2.24, 2.45) is 0 Å². The van der Waals surface area contributed by atoms with Crippen molar-refractivity contribution >= 4 is 11.6 Å². The largest absolute Gasteiger partial charge is 0.474 e. The van der Waals surface area contributed by atoms with Crippen molar-refractivity contribution < 1.29 is 19.7 Å². The summed E-state index contributed by atoms with van der Waals surface area (Å²) in [4.78, 5) is 16.4. The van der Waals surface area contributed by atoms with E-state index in [4.69, 9.17) is 9.84 Å². The quantitative estimate of drug-likeness (QED) is 0.695. The maximum absolute atomic E-state index is 12.2. The van der Waals surface area contributed by atoms with Crippen LogP contribution >= 0.6 is 0 Å². The third kappa shape index (κ3) is 4.77.